The van der Waals surface area contributed by atoms with E-state index in [1.54, 1.807) is 14.2 Å². The second-order valence-corrected chi connectivity index (χ2v) is 6.70. The lowest BCUT2D eigenvalue weighted by Crippen LogP contribution is -3.14. The number of hydrogen-bond acceptors (Lipinski definition) is 4. The van der Waals surface area contributed by atoms with E-state index >= 15 is 0 Å². The Kier molecular flexibility index (Phi) is 8.14. The summed E-state index contributed by atoms with van der Waals surface area (Å²) in [4.78, 5) is 13.7. The number of amides is 1. The van der Waals surface area contributed by atoms with Gasteiger partial charge in [-0.3, -0.25) is 4.79 Å². The van der Waals surface area contributed by atoms with Crippen LogP contribution >= 0.6 is 0 Å². The van der Waals surface area contributed by atoms with Crippen molar-refractivity contribution in [3.63, 3.8) is 0 Å². The van der Waals surface area contributed by atoms with Crippen molar-refractivity contribution < 1.29 is 23.9 Å². The summed E-state index contributed by atoms with van der Waals surface area (Å²) >= 11 is 0. The molecule has 0 fully saturated rings. The zero-order chi connectivity index (χ0) is 20.5. The van der Waals surface area contributed by atoms with Crippen LogP contribution in [0.25, 0.3) is 0 Å². The summed E-state index contributed by atoms with van der Waals surface area (Å²) in [6.45, 7) is 5.33. The maximum absolute atomic E-state index is 12.6. The van der Waals surface area contributed by atoms with Crippen LogP contribution in [0.5, 0.6) is 17.2 Å². The van der Waals surface area contributed by atoms with Crippen molar-refractivity contribution >= 4 is 11.6 Å². The highest BCUT2D eigenvalue weighted by molar-refractivity contribution is 5.93. The summed E-state index contributed by atoms with van der Waals surface area (Å²) in [7, 11) is 5.29. The minimum atomic E-state index is -0.174. The molecule has 0 saturated carbocycles. The fourth-order valence-electron chi connectivity index (χ4n) is 2.87. The van der Waals surface area contributed by atoms with Gasteiger partial charge in [-0.2, -0.15) is 0 Å². The Morgan fingerprint density at radius 2 is 1.75 bits per heavy atom. The Labute approximate surface area is 167 Å². The summed E-state index contributed by atoms with van der Waals surface area (Å²) in [5.41, 5.74) is 1.92. The molecule has 0 spiro atoms. The molecule has 0 radical (unpaired) electrons. The summed E-state index contributed by atoms with van der Waals surface area (Å²) < 4.78 is 16.1. The lowest BCUT2D eigenvalue weighted by molar-refractivity contribution is -0.893. The van der Waals surface area contributed by atoms with Crippen molar-refractivity contribution in [2.24, 2.45) is 0 Å². The molecule has 1 unspecified atom stereocenters. The number of likely N-dealkylation sites (N-methyl/N-ethyl adjacent to an activating group) is 1. The molecule has 1 amide bonds. The number of methoxy groups -OCH3 is 2. The smallest absolute Gasteiger partial charge is 0.282 e. The molecule has 0 aliphatic heterocycles. The highest BCUT2D eigenvalue weighted by Crippen LogP contribution is 2.27. The van der Waals surface area contributed by atoms with Crippen LogP contribution in [0.15, 0.2) is 42.5 Å². The molecule has 2 rings (SSSR count). The number of carbonyl (C=O) groups is 1. The van der Waals surface area contributed by atoms with Crippen LogP contribution in [0.1, 0.15) is 19.4 Å². The van der Waals surface area contributed by atoms with E-state index in [0.29, 0.717) is 6.61 Å². The van der Waals surface area contributed by atoms with Crippen molar-refractivity contribution in [3.05, 3.63) is 48.0 Å². The molecule has 0 bridgehead atoms. The van der Waals surface area contributed by atoms with Gasteiger partial charge in [0, 0.05) is 12.1 Å². The van der Waals surface area contributed by atoms with Gasteiger partial charge in [0.05, 0.1) is 34.4 Å². The first-order chi connectivity index (χ1) is 13.5. The topological polar surface area (TPSA) is 61.2 Å². The van der Waals surface area contributed by atoms with E-state index in [9.17, 15) is 4.79 Å². The van der Waals surface area contributed by atoms with Gasteiger partial charge in [0.15, 0.2) is 17.5 Å². The van der Waals surface area contributed by atoms with Crippen molar-refractivity contribution in [1.82, 2.24) is 0 Å². The maximum Gasteiger partial charge on any atom is 0.282 e. The molecule has 152 valence electrons. The van der Waals surface area contributed by atoms with Crippen LogP contribution in [0.3, 0.4) is 0 Å². The first-order valence-corrected chi connectivity index (χ1v) is 9.55. The van der Waals surface area contributed by atoms with Gasteiger partial charge < -0.3 is 24.4 Å². The van der Waals surface area contributed by atoms with Crippen LogP contribution < -0.4 is 24.4 Å². The Morgan fingerprint density at radius 1 is 1.07 bits per heavy atom. The van der Waals surface area contributed by atoms with E-state index in [1.165, 1.54) is 0 Å². The van der Waals surface area contributed by atoms with Crippen LogP contribution in [0.2, 0.25) is 0 Å². The van der Waals surface area contributed by atoms with Crippen LogP contribution in [0, 0.1) is 0 Å². The van der Waals surface area contributed by atoms with Crippen molar-refractivity contribution in [2.45, 2.75) is 26.3 Å². The number of rotatable bonds is 10. The van der Waals surface area contributed by atoms with Gasteiger partial charge in [-0.05, 0) is 55.8 Å². The number of hydrogen-bond donors (Lipinski definition) is 2. The monoisotopic (exact) mass is 387 g/mol. The first kappa shape index (κ1) is 21.6. The third-order valence-corrected chi connectivity index (χ3v) is 4.82. The zero-order valence-corrected chi connectivity index (χ0v) is 17.4. The molecular formula is C22H31N2O4+. The van der Waals surface area contributed by atoms with Crippen molar-refractivity contribution in [1.29, 1.82) is 0 Å². The van der Waals surface area contributed by atoms with E-state index < -0.39 is 0 Å². The van der Waals surface area contributed by atoms with Crippen molar-refractivity contribution in [3.8, 4) is 17.2 Å². The molecule has 6 nitrogen and oxygen atoms in total. The predicted molar refractivity (Wildman–Crippen MR) is 111 cm³/mol. The van der Waals surface area contributed by atoms with E-state index in [-0.39, 0.29) is 11.9 Å². The quantitative estimate of drug-likeness (QED) is 0.656. The molecule has 2 aromatic carbocycles. The maximum atomic E-state index is 12.6. The van der Waals surface area contributed by atoms with Gasteiger partial charge in [-0.1, -0.05) is 6.07 Å². The predicted octanol–water partition coefficient (Wildman–Crippen LogP) is 2.19. The van der Waals surface area contributed by atoms with Gasteiger partial charge in [0.1, 0.15) is 5.75 Å². The highest BCUT2D eigenvalue weighted by atomic mass is 16.5. The van der Waals surface area contributed by atoms with E-state index in [4.69, 9.17) is 14.2 Å². The lowest BCUT2D eigenvalue weighted by Gasteiger charge is -2.21. The van der Waals surface area contributed by atoms with Crippen molar-refractivity contribution in [2.75, 3.05) is 39.7 Å². The normalized spacial score (nSPS) is 12.8. The van der Waals surface area contributed by atoms with Crippen LogP contribution in [-0.4, -0.2) is 46.4 Å². The molecule has 0 aliphatic carbocycles. The summed E-state index contributed by atoms with van der Waals surface area (Å²) in [6, 6.07) is 13.2. The van der Waals surface area contributed by atoms with Gasteiger partial charge in [-0.15, -0.1) is 0 Å². The van der Waals surface area contributed by atoms with Gasteiger partial charge in [0.25, 0.3) is 5.91 Å². The summed E-state index contributed by atoms with van der Waals surface area (Å²) in [5, 5.41) is 2.97. The molecular weight excluding hydrogens is 356 g/mol. The third kappa shape index (κ3) is 5.89. The largest absolute Gasteiger partial charge is 0.494 e. The Balaban J connectivity index is 1.89. The highest BCUT2D eigenvalue weighted by Gasteiger charge is 2.21. The molecule has 0 aliphatic rings. The van der Waals surface area contributed by atoms with Crippen LogP contribution in [0.4, 0.5) is 5.69 Å². The van der Waals surface area contributed by atoms with Gasteiger partial charge in [0.2, 0.25) is 0 Å². The number of ether oxygens (including phenoxy) is 3. The first-order valence-electron chi connectivity index (χ1n) is 9.55. The number of anilines is 1. The Bertz CT molecular complexity index is 762. The van der Waals surface area contributed by atoms with Gasteiger partial charge in [-0.25, -0.2) is 0 Å². The Hall–Kier alpha value is -2.73. The molecule has 28 heavy (non-hydrogen) atoms. The molecule has 2 aromatic rings. The number of carbonyl (C=O) groups excluding carboxylic acids is 1. The molecule has 0 saturated heterocycles. The summed E-state index contributed by atoms with van der Waals surface area (Å²) in [6.07, 6.45) is 0.840. The fourth-order valence-corrected chi connectivity index (χ4v) is 2.87. The second kappa shape index (κ2) is 10.6. The van der Waals surface area contributed by atoms with E-state index in [0.717, 1.165) is 46.4 Å². The number of quaternary nitrogens is 1. The fraction of sp³-hybridized carbons (Fsp3) is 0.409. The second-order valence-electron chi connectivity index (χ2n) is 6.70. The number of benzene rings is 2. The Morgan fingerprint density at radius 3 is 2.36 bits per heavy atom. The molecule has 6 heteroatoms. The summed E-state index contributed by atoms with van der Waals surface area (Å²) in [5.74, 6) is 2.23. The molecule has 2 N–H and O–H groups in total. The third-order valence-electron chi connectivity index (χ3n) is 4.82. The number of nitrogens with one attached hydrogen (secondary N) is 2. The SMILES string of the molecule is CCOc1ccc(NC(=O)[C@@H](C)[NH+](C)CCc2ccc(OC)c(OC)c2)cc1. The average Bonchev–Trinajstić information content (AvgIpc) is 2.72. The van der Waals surface area contributed by atoms with E-state index in [2.05, 4.69) is 5.32 Å². The molecule has 2 atom stereocenters. The van der Waals surface area contributed by atoms with Gasteiger partial charge >= 0.3 is 0 Å². The van der Waals surface area contributed by atoms with E-state index in [1.807, 2.05) is 63.4 Å². The zero-order valence-electron chi connectivity index (χ0n) is 17.4. The average molecular weight is 388 g/mol. The minimum Gasteiger partial charge on any atom is -0.494 e. The van der Waals surface area contributed by atoms with Crippen LogP contribution in [-0.2, 0) is 11.2 Å². The molecule has 0 heterocycles. The minimum absolute atomic E-state index is 0.00558. The lowest BCUT2D eigenvalue weighted by atomic mass is 10.1. The standard InChI is InChI=1S/C22H30N2O4/c1-6-28-19-10-8-18(9-11-19)23-22(25)16(2)24(3)14-13-17-7-12-20(26-4)21(15-17)27-5/h7-12,15-16H,6,13-14H2,1-5H3,(H,23,25)/p+1/t16-/m1/s1. The molecule has 0 aromatic heterocycles.